The van der Waals surface area contributed by atoms with Gasteiger partial charge in [0.15, 0.2) is 0 Å². The van der Waals surface area contributed by atoms with Gasteiger partial charge in [0, 0.05) is 6.42 Å². The van der Waals surface area contributed by atoms with Crippen LogP contribution in [0.5, 0.6) is 0 Å². The normalized spacial score (nSPS) is 14.2. The predicted octanol–water partition coefficient (Wildman–Crippen LogP) is 15.5. The van der Waals surface area contributed by atoms with Gasteiger partial charge in [-0.25, -0.2) is 0 Å². The standard InChI is InChI=1S/C57H95NO5/c1-4-7-10-13-16-19-22-25-28-30-33-36-39-42-45-48-53(63-57(62)50-47-44-41-38-35-32-27-24-21-18-15-12-9-6-3)51-56(61)58-54(52-59)55(60)49-46-43-40-37-34-31-29-26-23-20-17-14-11-8-5-2/h7,9-10,12-13,16,18-19,21-22,25,27-28,30,32-33,36,39,53-55,59-60H,4-6,8,11,14-15,17,20,23-24,26,29,31,34-35,37-38,40-52H2,1-3H3,(H,58,61)/b10-7-,12-9+,16-13+,21-18+,22-19+,28-25-,32-27+,33-30+,39-36+. The number of allylic oxidation sites excluding steroid dienone is 18. The quantitative estimate of drug-likeness (QED) is 0.0245. The summed E-state index contributed by atoms with van der Waals surface area (Å²) in [4.78, 5) is 26.1. The molecule has 0 aromatic carbocycles. The van der Waals surface area contributed by atoms with Gasteiger partial charge in [0.25, 0.3) is 0 Å². The number of aliphatic hydroxyl groups is 2. The van der Waals surface area contributed by atoms with Gasteiger partial charge in [-0.15, -0.1) is 0 Å². The highest BCUT2D eigenvalue weighted by molar-refractivity contribution is 5.77. The molecule has 6 nitrogen and oxygen atoms in total. The topological polar surface area (TPSA) is 95.9 Å². The number of hydrogen-bond acceptors (Lipinski definition) is 5. The molecule has 0 fully saturated rings. The maximum atomic E-state index is 13.2. The average molecular weight is 874 g/mol. The molecular weight excluding hydrogens is 779 g/mol. The summed E-state index contributed by atoms with van der Waals surface area (Å²) in [5.74, 6) is -0.584. The fourth-order valence-corrected chi connectivity index (χ4v) is 7.19. The van der Waals surface area contributed by atoms with E-state index in [4.69, 9.17) is 4.74 Å². The number of amides is 1. The highest BCUT2D eigenvalue weighted by atomic mass is 16.5. The zero-order chi connectivity index (χ0) is 45.9. The fraction of sp³-hybridized carbons (Fsp3) is 0.649. The van der Waals surface area contributed by atoms with Crippen LogP contribution in [0.4, 0.5) is 0 Å². The molecule has 0 heterocycles. The fourth-order valence-electron chi connectivity index (χ4n) is 7.19. The summed E-state index contributed by atoms with van der Waals surface area (Å²) in [6, 6.07) is -0.738. The van der Waals surface area contributed by atoms with Crippen molar-refractivity contribution in [2.75, 3.05) is 6.61 Å². The summed E-state index contributed by atoms with van der Waals surface area (Å²) in [5.41, 5.74) is 0. The molecule has 0 spiro atoms. The van der Waals surface area contributed by atoms with E-state index in [2.05, 4.69) is 74.7 Å². The third-order valence-corrected chi connectivity index (χ3v) is 11.0. The Kier molecular flexibility index (Phi) is 46.8. The first-order chi connectivity index (χ1) is 31.0. The van der Waals surface area contributed by atoms with Crippen LogP contribution in [0.1, 0.15) is 213 Å². The van der Waals surface area contributed by atoms with Crippen molar-refractivity contribution in [1.82, 2.24) is 5.32 Å². The van der Waals surface area contributed by atoms with Crippen LogP contribution in [0.25, 0.3) is 0 Å². The van der Waals surface area contributed by atoms with Crippen molar-refractivity contribution in [2.45, 2.75) is 232 Å². The Morgan fingerprint density at radius 3 is 1.51 bits per heavy atom. The minimum Gasteiger partial charge on any atom is -0.462 e. The number of ether oxygens (including phenoxy) is 1. The van der Waals surface area contributed by atoms with Gasteiger partial charge in [-0.05, 0) is 70.6 Å². The first-order valence-electron chi connectivity index (χ1n) is 25.7. The van der Waals surface area contributed by atoms with E-state index in [0.717, 1.165) is 89.9 Å². The molecule has 0 radical (unpaired) electrons. The summed E-state index contributed by atoms with van der Waals surface area (Å²) in [6.45, 7) is 6.19. The number of unbranched alkanes of at least 4 members (excludes halogenated alkanes) is 19. The Hall–Kier alpha value is -3.48. The Morgan fingerprint density at radius 1 is 0.492 bits per heavy atom. The summed E-state index contributed by atoms with van der Waals surface area (Å²) in [5, 5.41) is 23.8. The maximum absolute atomic E-state index is 13.2. The average Bonchev–Trinajstić information content (AvgIpc) is 3.28. The second kappa shape index (κ2) is 49.5. The van der Waals surface area contributed by atoms with E-state index in [1.165, 1.54) is 77.0 Å². The molecule has 3 unspecified atom stereocenters. The van der Waals surface area contributed by atoms with E-state index in [0.29, 0.717) is 19.3 Å². The Labute approximate surface area is 388 Å². The molecule has 6 heteroatoms. The van der Waals surface area contributed by atoms with Crippen molar-refractivity contribution in [1.29, 1.82) is 0 Å². The van der Waals surface area contributed by atoms with Crippen LogP contribution in [0.3, 0.4) is 0 Å². The lowest BCUT2D eigenvalue weighted by atomic mass is 10.0. The van der Waals surface area contributed by atoms with Crippen LogP contribution >= 0.6 is 0 Å². The monoisotopic (exact) mass is 874 g/mol. The second-order valence-electron chi connectivity index (χ2n) is 17.0. The van der Waals surface area contributed by atoms with Crippen LogP contribution in [-0.4, -0.2) is 46.9 Å². The SMILES string of the molecule is CC\C=C/C=C/C=C/C=C\C=C\C=C\CCCC(CC(=O)NC(CO)C(O)CCCCCCCCCCCCCCCCC)OC(=O)CCCCCC/C=C/C/C=C/C/C=C/CC. The van der Waals surface area contributed by atoms with E-state index in [-0.39, 0.29) is 24.9 Å². The van der Waals surface area contributed by atoms with Gasteiger partial charge < -0.3 is 20.3 Å². The lowest BCUT2D eigenvalue weighted by Crippen LogP contribution is -2.46. The van der Waals surface area contributed by atoms with E-state index < -0.39 is 18.2 Å². The smallest absolute Gasteiger partial charge is 0.306 e. The van der Waals surface area contributed by atoms with E-state index in [9.17, 15) is 19.8 Å². The molecule has 3 atom stereocenters. The Morgan fingerprint density at radius 2 is 0.952 bits per heavy atom. The van der Waals surface area contributed by atoms with Crippen LogP contribution in [0, 0.1) is 0 Å². The van der Waals surface area contributed by atoms with Gasteiger partial charge >= 0.3 is 5.97 Å². The second-order valence-corrected chi connectivity index (χ2v) is 17.0. The zero-order valence-electron chi connectivity index (χ0n) is 40.7. The van der Waals surface area contributed by atoms with Crippen molar-refractivity contribution in [2.24, 2.45) is 0 Å². The number of nitrogens with one attached hydrogen (secondary N) is 1. The molecule has 0 aromatic rings. The Bertz CT molecular complexity index is 1300. The number of aliphatic hydroxyl groups excluding tert-OH is 2. The van der Waals surface area contributed by atoms with Gasteiger partial charge in [-0.3, -0.25) is 9.59 Å². The van der Waals surface area contributed by atoms with Gasteiger partial charge in [0.2, 0.25) is 5.91 Å². The predicted molar refractivity (Wildman–Crippen MR) is 273 cm³/mol. The van der Waals surface area contributed by atoms with Crippen molar-refractivity contribution >= 4 is 11.9 Å². The lowest BCUT2D eigenvalue weighted by Gasteiger charge is -2.24. The molecule has 0 aliphatic rings. The molecule has 0 aliphatic carbocycles. The molecule has 0 bridgehead atoms. The highest BCUT2D eigenvalue weighted by Crippen LogP contribution is 2.17. The van der Waals surface area contributed by atoms with Gasteiger partial charge in [0.05, 0.1) is 25.2 Å². The third kappa shape index (κ3) is 44.9. The maximum Gasteiger partial charge on any atom is 0.306 e. The molecule has 0 aromatic heterocycles. The third-order valence-electron chi connectivity index (χ3n) is 11.0. The Balaban J connectivity index is 4.76. The van der Waals surface area contributed by atoms with Crippen LogP contribution in [0.2, 0.25) is 0 Å². The van der Waals surface area contributed by atoms with Crippen LogP contribution < -0.4 is 5.32 Å². The minimum atomic E-state index is -0.818. The number of hydrogen-bond donors (Lipinski definition) is 3. The summed E-state index contributed by atoms with van der Waals surface area (Å²) >= 11 is 0. The van der Waals surface area contributed by atoms with Crippen molar-refractivity contribution in [3.8, 4) is 0 Å². The molecular formula is C57H95NO5. The summed E-state index contributed by atoms with van der Waals surface area (Å²) < 4.78 is 5.88. The summed E-state index contributed by atoms with van der Waals surface area (Å²) in [7, 11) is 0. The van der Waals surface area contributed by atoms with Crippen molar-refractivity contribution in [3.63, 3.8) is 0 Å². The van der Waals surface area contributed by atoms with E-state index in [1.54, 1.807) is 0 Å². The first-order valence-corrected chi connectivity index (χ1v) is 25.7. The number of carbonyl (C=O) groups is 2. The molecule has 63 heavy (non-hydrogen) atoms. The van der Waals surface area contributed by atoms with Crippen LogP contribution in [0.15, 0.2) is 109 Å². The van der Waals surface area contributed by atoms with Crippen LogP contribution in [-0.2, 0) is 14.3 Å². The largest absolute Gasteiger partial charge is 0.462 e. The highest BCUT2D eigenvalue weighted by Gasteiger charge is 2.24. The summed E-state index contributed by atoms with van der Waals surface area (Å²) in [6.07, 6.45) is 67.2. The zero-order valence-corrected chi connectivity index (χ0v) is 40.7. The minimum absolute atomic E-state index is 0.0108. The molecule has 0 rings (SSSR count). The molecule has 0 saturated heterocycles. The molecule has 358 valence electrons. The van der Waals surface area contributed by atoms with Gasteiger partial charge in [-0.1, -0.05) is 239 Å². The van der Waals surface area contributed by atoms with Crippen molar-refractivity contribution in [3.05, 3.63) is 109 Å². The molecule has 3 N–H and O–H groups in total. The molecule has 1 amide bonds. The number of rotatable bonds is 44. The van der Waals surface area contributed by atoms with Gasteiger partial charge in [-0.2, -0.15) is 0 Å². The van der Waals surface area contributed by atoms with E-state index >= 15 is 0 Å². The molecule has 0 saturated carbocycles. The number of carbonyl (C=O) groups excluding carboxylic acids is 2. The number of esters is 1. The lowest BCUT2D eigenvalue weighted by molar-refractivity contribution is -0.151. The van der Waals surface area contributed by atoms with Gasteiger partial charge in [0.1, 0.15) is 6.10 Å². The van der Waals surface area contributed by atoms with E-state index in [1.807, 2.05) is 60.8 Å². The van der Waals surface area contributed by atoms with Crippen molar-refractivity contribution < 1.29 is 24.5 Å². The molecule has 0 aliphatic heterocycles. The first kappa shape index (κ1) is 59.5.